The largest absolute Gasteiger partial charge is 0.494 e. The van der Waals surface area contributed by atoms with E-state index in [1.165, 1.54) is 13.2 Å². The van der Waals surface area contributed by atoms with Gasteiger partial charge in [0.15, 0.2) is 11.6 Å². The number of rotatable bonds is 5. The van der Waals surface area contributed by atoms with E-state index in [1.807, 2.05) is 17.8 Å². The molecular formula is C15H19BrFN3O. The highest BCUT2D eigenvalue weighted by atomic mass is 79.9. The molecule has 0 saturated heterocycles. The minimum atomic E-state index is -0.373. The van der Waals surface area contributed by atoms with Crippen LogP contribution in [0.2, 0.25) is 0 Å². The molecule has 1 aromatic carbocycles. The summed E-state index contributed by atoms with van der Waals surface area (Å²) in [5.41, 5.74) is 1.79. The normalized spacial score (nSPS) is 12.7. The highest BCUT2D eigenvalue weighted by Gasteiger charge is 2.22. The van der Waals surface area contributed by atoms with Crippen molar-refractivity contribution >= 4 is 15.9 Å². The van der Waals surface area contributed by atoms with E-state index in [0.717, 1.165) is 15.7 Å². The smallest absolute Gasteiger partial charge is 0.165 e. The molecule has 21 heavy (non-hydrogen) atoms. The summed E-state index contributed by atoms with van der Waals surface area (Å²) < 4.78 is 21.7. The van der Waals surface area contributed by atoms with Crippen molar-refractivity contribution in [2.45, 2.75) is 25.9 Å². The van der Waals surface area contributed by atoms with Crippen molar-refractivity contribution in [1.29, 1.82) is 0 Å². The van der Waals surface area contributed by atoms with Gasteiger partial charge < -0.3 is 10.1 Å². The molecule has 0 saturated carbocycles. The molecule has 114 valence electrons. The minimum absolute atomic E-state index is 0.162. The second-order valence-corrected chi connectivity index (χ2v) is 5.89. The molecule has 0 aliphatic rings. The molecule has 0 aliphatic heterocycles. The Labute approximate surface area is 132 Å². The maximum atomic E-state index is 14.0. The monoisotopic (exact) mass is 355 g/mol. The predicted molar refractivity (Wildman–Crippen MR) is 84.2 cm³/mol. The summed E-state index contributed by atoms with van der Waals surface area (Å²) in [7, 11) is 3.30. The van der Waals surface area contributed by atoms with E-state index >= 15 is 0 Å². The molecular weight excluding hydrogens is 337 g/mol. The van der Waals surface area contributed by atoms with E-state index in [9.17, 15) is 4.39 Å². The Morgan fingerprint density at radius 2 is 2.10 bits per heavy atom. The third-order valence-electron chi connectivity index (χ3n) is 3.35. The van der Waals surface area contributed by atoms with E-state index in [-0.39, 0.29) is 23.7 Å². The van der Waals surface area contributed by atoms with E-state index in [4.69, 9.17) is 4.74 Å². The fraction of sp³-hybridized carbons (Fsp3) is 0.400. The van der Waals surface area contributed by atoms with Gasteiger partial charge in [-0.3, -0.25) is 4.68 Å². The number of halogens is 2. The molecule has 0 amide bonds. The van der Waals surface area contributed by atoms with Crippen molar-refractivity contribution in [2.75, 3.05) is 14.2 Å². The standard InChI is InChI=1S/C15H19BrFN3O/c1-9(2)20-15(11(16)8-19-20)14(18-3)10-5-6-13(21-4)12(17)7-10/h5-9,14,18H,1-4H3. The van der Waals surface area contributed by atoms with Crippen LogP contribution in [0.3, 0.4) is 0 Å². The van der Waals surface area contributed by atoms with Crippen LogP contribution in [0.25, 0.3) is 0 Å². The Morgan fingerprint density at radius 1 is 1.38 bits per heavy atom. The van der Waals surface area contributed by atoms with Crippen molar-refractivity contribution in [3.63, 3.8) is 0 Å². The molecule has 4 nitrogen and oxygen atoms in total. The first-order valence-corrected chi connectivity index (χ1v) is 7.52. The molecule has 1 aromatic heterocycles. The van der Waals surface area contributed by atoms with E-state index in [1.54, 1.807) is 12.3 Å². The zero-order valence-electron chi connectivity index (χ0n) is 12.5. The third-order valence-corrected chi connectivity index (χ3v) is 3.96. The van der Waals surface area contributed by atoms with Crippen molar-refractivity contribution in [2.24, 2.45) is 0 Å². The SMILES string of the molecule is CNC(c1ccc(OC)c(F)c1)c1c(Br)cnn1C(C)C. The van der Waals surface area contributed by atoms with Crippen LogP contribution in [0.5, 0.6) is 5.75 Å². The summed E-state index contributed by atoms with van der Waals surface area (Å²) >= 11 is 3.53. The summed E-state index contributed by atoms with van der Waals surface area (Å²) in [6.45, 7) is 4.12. The van der Waals surface area contributed by atoms with Crippen LogP contribution < -0.4 is 10.1 Å². The minimum Gasteiger partial charge on any atom is -0.494 e. The van der Waals surface area contributed by atoms with Crippen LogP contribution >= 0.6 is 15.9 Å². The fourth-order valence-corrected chi connectivity index (χ4v) is 2.86. The number of hydrogen-bond donors (Lipinski definition) is 1. The fourth-order valence-electron chi connectivity index (χ4n) is 2.36. The van der Waals surface area contributed by atoms with Crippen LogP contribution in [-0.2, 0) is 0 Å². The predicted octanol–water partition coefficient (Wildman–Crippen LogP) is 3.68. The van der Waals surface area contributed by atoms with Crippen molar-refractivity contribution in [3.05, 3.63) is 45.9 Å². The van der Waals surface area contributed by atoms with Crippen molar-refractivity contribution < 1.29 is 9.13 Å². The molecule has 0 radical (unpaired) electrons. The van der Waals surface area contributed by atoms with Gasteiger partial charge in [0.1, 0.15) is 0 Å². The Kier molecular flexibility index (Phi) is 5.00. The van der Waals surface area contributed by atoms with Crippen LogP contribution in [-0.4, -0.2) is 23.9 Å². The lowest BCUT2D eigenvalue weighted by Crippen LogP contribution is -2.23. The zero-order valence-corrected chi connectivity index (χ0v) is 14.1. The third kappa shape index (κ3) is 3.11. The second kappa shape index (κ2) is 6.58. The maximum Gasteiger partial charge on any atom is 0.165 e. The summed E-state index contributed by atoms with van der Waals surface area (Å²) in [6.07, 6.45) is 1.76. The number of ether oxygens (including phenoxy) is 1. The molecule has 6 heteroatoms. The van der Waals surface area contributed by atoms with E-state index in [2.05, 4.69) is 40.2 Å². The van der Waals surface area contributed by atoms with Gasteiger partial charge in [-0.2, -0.15) is 5.10 Å². The molecule has 0 spiro atoms. The van der Waals surface area contributed by atoms with Crippen LogP contribution in [0.4, 0.5) is 4.39 Å². The maximum absolute atomic E-state index is 14.0. The number of hydrogen-bond acceptors (Lipinski definition) is 3. The topological polar surface area (TPSA) is 39.1 Å². The van der Waals surface area contributed by atoms with E-state index < -0.39 is 0 Å². The number of aromatic nitrogens is 2. The Morgan fingerprint density at radius 3 is 2.62 bits per heavy atom. The quantitative estimate of drug-likeness (QED) is 0.888. The summed E-state index contributed by atoms with van der Waals surface area (Å²) in [5, 5.41) is 7.60. The average molecular weight is 356 g/mol. The number of methoxy groups -OCH3 is 1. The lowest BCUT2D eigenvalue weighted by atomic mass is 10.0. The first-order chi connectivity index (χ1) is 9.99. The number of nitrogens with one attached hydrogen (secondary N) is 1. The molecule has 1 unspecified atom stereocenters. The molecule has 0 fully saturated rings. The summed E-state index contributed by atoms with van der Waals surface area (Å²) in [5.74, 6) is -0.132. The molecule has 1 atom stereocenters. The van der Waals surface area contributed by atoms with Gasteiger partial charge in [-0.1, -0.05) is 6.07 Å². The Bertz CT molecular complexity index is 627. The first-order valence-electron chi connectivity index (χ1n) is 6.73. The molecule has 0 bridgehead atoms. The van der Waals surface area contributed by atoms with Gasteiger partial charge in [0.25, 0.3) is 0 Å². The van der Waals surface area contributed by atoms with Crippen molar-refractivity contribution in [1.82, 2.24) is 15.1 Å². The Balaban J connectivity index is 2.49. The van der Waals surface area contributed by atoms with Gasteiger partial charge in [0.2, 0.25) is 0 Å². The number of nitrogens with zero attached hydrogens (tertiary/aromatic N) is 2. The van der Waals surface area contributed by atoms with Gasteiger partial charge in [0.05, 0.1) is 29.5 Å². The molecule has 1 heterocycles. The van der Waals surface area contributed by atoms with Gasteiger partial charge >= 0.3 is 0 Å². The van der Waals surface area contributed by atoms with Gasteiger partial charge in [-0.25, -0.2) is 4.39 Å². The van der Waals surface area contributed by atoms with Crippen LogP contribution in [0.15, 0.2) is 28.9 Å². The van der Waals surface area contributed by atoms with Gasteiger partial charge in [-0.15, -0.1) is 0 Å². The molecule has 0 aliphatic carbocycles. The average Bonchev–Trinajstić information content (AvgIpc) is 2.82. The first kappa shape index (κ1) is 16.0. The molecule has 2 rings (SSSR count). The van der Waals surface area contributed by atoms with Crippen LogP contribution in [0, 0.1) is 5.82 Å². The lowest BCUT2D eigenvalue weighted by molar-refractivity contribution is 0.385. The molecule has 2 aromatic rings. The zero-order chi connectivity index (χ0) is 15.6. The summed E-state index contributed by atoms with van der Waals surface area (Å²) in [6, 6.07) is 5.03. The van der Waals surface area contributed by atoms with Gasteiger partial charge in [0, 0.05) is 6.04 Å². The van der Waals surface area contributed by atoms with Crippen molar-refractivity contribution in [3.8, 4) is 5.75 Å². The molecule has 1 N–H and O–H groups in total. The Hall–Kier alpha value is -1.40. The van der Waals surface area contributed by atoms with E-state index in [0.29, 0.717) is 0 Å². The summed E-state index contributed by atoms with van der Waals surface area (Å²) in [4.78, 5) is 0. The van der Waals surface area contributed by atoms with Gasteiger partial charge in [-0.05, 0) is 54.5 Å². The highest BCUT2D eigenvalue weighted by molar-refractivity contribution is 9.10. The number of benzene rings is 1. The highest BCUT2D eigenvalue weighted by Crippen LogP contribution is 2.32. The van der Waals surface area contributed by atoms with Crippen LogP contribution in [0.1, 0.15) is 37.2 Å². The second-order valence-electron chi connectivity index (χ2n) is 5.03. The lowest BCUT2D eigenvalue weighted by Gasteiger charge is -2.21.